The number of unbranched alkanes of at least 4 members (excludes halogenated alkanes) is 24. The van der Waals surface area contributed by atoms with Gasteiger partial charge in [0, 0.05) is 0 Å². The van der Waals surface area contributed by atoms with Gasteiger partial charge in [-0.2, -0.15) is 0 Å². The summed E-state index contributed by atoms with van der Waals surface area (Å²) in [5.41, 5.74) is 7.36. The van der Waals surface area contributed by atoms with Crippen molar-refractivity contribution in [2.75, 3.05) is 13.2 Å². The molecule has 0 radical (unpaired) electrons. The highest BCUT2D eigenvalue weighted by Crippen LogP contribution is 2.29. The molecule has 2 heteroatoms. The third-order valence-electron chi connectivity index (χ3n) is 11.5. The molecule has 0 spiro atoms. The molecule has 0 heterocycles. The highest BCUT2D eigenvalue weighted by atomic mass is 16.5. The van der Waals surface area contributed by atoms with Crippen LogP contribution in [-0.4, -0.2) is 13.2 Å². The van der Waals surface area contributed by atoms with Crippen LogP contribution in [0.1, 0.15) is 181 Å². The summed E-state index contributed by atoms with van der Waals surface area (Å²) in [6.07, 6.45) is 35.7. The minimum atomic E-state index is 0.809. The molecule has 0 atom stereocenters. The van der Waals surface area contributed by atoms with E-state index in [1.807, 2.05) is 0 Å². The molecule has 4 aromatic carbocycles. The zero-order chi connectivity index (χ0) is 39.1. The molecule has 0 amide bonds. The minimum Gasteiger partial charge on any atom is -0.494 e. The van der Waals surface area contributed by atoms with Gasteiger partial charge in [0.05, 0.1) is 13.2 Å². The van der Waals surface area contributed by atoms with Crippen molar-refractivity contribution in [1.82, 2.24) is 0 Å². The Morgan fingerprint density at radius 3 is 0.625 bits per heavy atom. The molecule has 0 saturated heterocycles. The van der Waals surface area contributed by atoms with E-state index in [0.717, 1.165) is 37.6 Å². The smallest absolute Gasteiger partial charge is 0.119 e. The Morgan fingerprint density at radius 2 is 0.411 bits per heavy atom. The first-order valence-corrected chi connectivity index (χ1v) is 23.4. The van der Waals surface area contributed by atoms with Gasteiger partial charge in [0.15, 0.2) is 0 Å². The van der Waals surface area contributed by atoms with Gasteiger partial charge >= 0.3 is 0 Å². The highest BCUT2D eigenvalue weighted by molar-refractivity contribution is 5.73. The van der Waals surface area contributed by atoms with E-state index in [1.165, 1.54) is 187 Å². The predicted octanol–water partition coefficient (Wildman–Crippen LogP) is 17.6. The number of ether oxygens (including phenoxy) is 2. The van der Waals surface area contributed by atoms with E-state index in [-0.39, 0.29) is 0 Å². The fourth-order valence-electron chi connectivity index (χ4n) is 7.82. The molecule has 0 N–H and O–H groups in total. The summed E-state index contributed by atoms with van der Waals surface area (Å²) in [5.74, 6) is 1.94. The molecule has 0 saturated carbocycles. The summed E-state index contributed by atoms with van der Waals surface area (Å²) in [6.45, 7) is 6.20. The van der Waals surface area contributed by atoms with Crippen molar-refractivity contribution >= 4 is 0 Å². The van der Waals surface area contributed by atoms with Crippen LogP contribution >= 0.6 is 0 Å². The van der Waals surface area contributed by atoms with Crippen molar-refractivity contribution < 1.29 is 9.47 Å². The number of hydrogen-bond acceptors (Lipinski definition) is 2. The maximum atomic E-state index is 6.06. The molecule has 306 valence electrons. The van der Waals surface area contributed by atoms with Crippen LogP contribution in [-0.2, 0) is 0 Å². The molecule has 0 aliphatic carbocycles. The fraction of sp³-hybridized carbons (Fsp3) is 0.556. The average Bonchev–Trinajstić information content (AvgIpc) is 3.24. The monoisotopic (exact) mass is 759 g/mol. The van der Waals surface area contributed by atoms with E-state index in [9.17, 15) is 0 Å². The van der Waals surface area contributed by atoms with Gasteiger partial charge in [0.2, 0.25) is 0 Å². The molecule has 0 aliphatic heterocycles. The van der Waals surface area contributed by atoms with Crippen LogP contribution in [0.4, 0.5) is 0 Å². The number of benzene rings is 4. The van der Waals surface area contributed by atoms with Gasteiger partial charge in [-0.25, -0.2) is 0 Å². The van der Waals surface area contributed by atoms with Crippen LogP contribution in [0.3, 0.4) is 0 Å². The van der Waals surface area contributed by atoms with Gasteiger partial charge in [0.25, 0.3) is 0 Å². The van der Waals surface area contributed by atoms with E-state index in [0.29, 0.717) is 0 Å². The van der Waals surface area contributed by atoms with E-state index in [2.05, 4.69) is 111 Å². The Balaban J connectivity index is 1.05. The topological polar surface area (TPSA) is 18.5 Å². The van der Waals surface area contributed by atoms with Crippen molar-refractivity contribution in [1.29, 1.82) is 0 Å². The fourth-order valence-corrected chi connectivity index (χ4v) is 7.82. The van der Waals surface area contributed by atoms with Gasteiger partial charge in [-0.15, -0.1) is 0 Å². The molecule has 0 bridgehead atoms. The van der Waals surface area contributed by atoms with Crippen LogP contribution in [0.5, 0.6) is 11.5 Å². The highest BCUT2D eigenvalue weighted by Gasteiger charge is 2.05. The first-order chi connectivity index (χ1) is 27.8. The SMILES string of the molecule is CCCCCCCCCCCCCCCOc1ccc(-c2ccc(-c3ccc(-c4ccc(OCCCCCCCCCCCCCCC)cc4)cc3)cc2)cc1. The summed E-state index contributed by atoms with van der Waals surface area (Å²) >= 11 is 0. The molecule has 0 aromatic heterocycles. The zero-order valence-corrected chi connectivity index (χ0v) is 35.9. The van der Waals surface area contributed by atoms with E-state index in [1.54, 1.807) is 0 Å². The lowest BCUT2D eigenvalue weighted by molar-refractivity contribution is 0.304. The second kappa shape index (κ2) is 29.7. The Morgan fingerprint density at radius 1 is 0.232 bits per heavy atom. The van der Waals surface area contributed by atoms with Crippen molar-refractivity contribution in [3.8, 4) is 44.9 Å². The lowest BCUT2D eigenvalue weighted by Crippen LogP contribution is -1.97. The molecule has 0 fully saturated rings. The predicted molar refractivity (Wildman–Crippen MR) is 245 cm³/mol. The summed E-state index contributed by atoms with van der Waals surface area (Å²) < 4.78 is 12.1. The minimum absolute atomic E-state index is 0.809. The van der Waals surface area contributed by atoms with E-state index in [4.69, 9.17) is 9.47 Å². The van der Waals surface area contributed by atoms with Gasteiger partial charge < -0.3 is 9.47 Å². The summed E-state index contributed by atoms with van der Waals surface area (Å²) in [4.78, 5) is 0. The lowest BCUT2D eigenvalue weighted by atomic mass is 9.98. The third kappa shape index (κ3) is 19.1. The Bertz CT molecular complexity index is 1370. The molecule has 4 rings (SSSR count). The molecular weight excluding hydrogens is 681 g/mol. The van der Waals surface area contributed by atoms with Crippen LogP contribution in [0.15, 0.2) is 97.1 Å². The zero-order valence-electron chi connectivity index (χ0n) is 35.9. The Labute approximate surface area is 344 Å². The summed E-state index contributed by atoms with van der Waals surface area (Å²) in [7, 11) is 0. The van der Waals surface area contributed by atoms with Gasteiger partial charge in [-0.05, 0) is 70.5 Å². The molecule has 0 unspecified atom stereocenters. The van der Waals surface area contributed by atoms with Crippen LogP contribution in [0.25, 0.3) is 33.4 Å². The maximum absolute atomic E-state index is 6.06. The van der Waals surface area contributed by atoms with Gasteiger partial charge in [-0.1, -0.05) is 241 Å². The third-order valence-corrected chi connectivity index (χ3v) is 11.5. The van der Waals surface area contributed by atoms with Crippen molar-refractivity contribution in [3.05, 3.63) is 97.1 Å². The largest absolute Gasteiger partial charge is 0.494 e. The van der Waals surface area contributed by atoms with Crippen molar-refractivity contribution in [2.45, 2.75) is 181 Å². The van der Waals surface area contributed by atoms with Crippen LogP contribution in [0, 0.1) is 0 Å². The molecule has 2 nitrogen and oxygen atoms in total. The number of rotatable bonds is 33. The Hall–Kier alpha value is -3.52. The first-order valence-electron chi connectivity index (χ1n) is 23.4. The molecule has 0 aliphatic rings. The summed E-state index contributed by atoms with van der Waals surface area (Å²) in [5, 5.41) is 0. The standard InChI is InChI=1S/C54H78O2/c1-3-5-7-9-11-13-15-17-19-21-23-25-27-45-55-53-41-37-51(38-42-53)49-33-29-47(30-34-49)48-31-35-50(36-32-48)52-39-43-54(44-40-52)56-46-28-26-24-22-20-18-16-14-12-10-8-6-4-2/h29-44H,3-28,45-46H2,1-2H3. The van der Waals surface area contributed by atoms with Crippen LogP contribution in [0.2, 0.25) is 0 Å². The Kier molecular flexibility index (Phi) is 23.9. The summed E-state index contributed by atoms with van der Waals surface area (Å²) in [6, 6.07) is 35.0. The molecule has 4 aromatic rings. The number of hydrogen-bond donors (Lipinski definition) is 0. The molecular formula is C54H78O2. The lowest BCUT2D eigenvalue weighted by Gasteiger charge is -2.09. The molecule has 56 heavy (non-hydrogen) atoms. The van der Waals surface area contributed by atoms with E-state index >= 15 is 0 Å². The average molecular weight is 759 g/mol. The van der Waals surface area contributed by atoms with Gasteiger partial charge in [-0.3, -0.25) is 0 Å². The quantitative estimate of drug-likeness (QED) is 0.0451. The van der Waals surface area contributed by atoms with Gasteiger partial charge in [0.1, 0.15) is 11.5 Å². The van der Waals surface area contributed by atoms with Crippen molar-refractivity contribution in [3.63, 3.8) is 0 Å². The second-order valence-corrected chi connectivity index (χ2v) is 16.4. The normalized spacial score (nSPS) is 11.2. The first kappa shape index (κ1) is 45.2. The van der Waals surface area contributed by atoms with Crippen LogP contribution < -0.4 is 9.47 Å². The van der Waals surface area contributed by atoms with E-state index < -0.39 is 0 Å². The second-order valence-electron chi connectivity index (χ2n) is 16.4. The maximum Gasteiger partial charge on any atom is 0.119 e. The van der Waals surface area contributed by atoms with Crippen molar-refractivity contribution in [2.24, 2.45) is 0 Å².